The third-order valence-electron chi connectivity index (χ3n) is 16.7. The van der Waals surface area contributed by atoms with Crippen molar-refractivity contribution in [3.63, 3.8) is 0 Å². The molecule has 14 aromatic carbocycles. The first kappa shape index (κ1) is 79.7. The van der Waals surface area contributed by atoms with E-state index in [4.69, 9.17) is 26.8 Å². The molecular weight excluding hydrogens is 1790 g/mol. The number of aliphatic hydroxyl groups is 2. The zero-order valence-electron chi connectivity index (χ0n) is 56.8. The zero-order valence-corrected chi connectivity index (χ0v) is 67.0. The maximum Gasteiger partial charge on any atom is 0.337 e. The van der Waals surface area contributed by atoms with Gasteiger partial charge >= 0.3 is 5.97 Å². The molecule has 0 radical (unpaired) electrons. The van der Waals surface area contributed by atoms with Crippen molar-refractivity contribution in [3.8, 4) is 0 Å². The number of hydrogen-bond donors (Lipinski definition) is 5. The largest absolute Gasteiger partial charge is 0.478 e. The van der Waals surface area contributed by atoms with Gasteiger partial charge in [0.2, 0.25) is 23.1 Å². The number of carbonyl (C=O) groups excluding carboxylic acids is 4. The number of halogens is 5. The second-order valence-corrected chi connectivity index (χ2v) is 28.8. The van der Waals surface area contributed by atoms with Crippen LogP contribution < -0.4 is 11.5 Å². The molecular formula is C87H77BrI4N2O8. The average Bonchev–Trinajstić information content (AvgIpc) is 0.824. The molecule has 0 aliphatic rings. The lowest BCUT2D eigenvalue weighted by Crippen LogP contribution is -2.15. The van der Waals surface area contributed by atoms with Gasteiger partial charge in [0.05, 0.1) is 18.8 Å². The summed E-state index contributed by atoms with van der Waals surface area (Å²) >= 11 is 12.8. The van der Waals surface area contributed by atoms with Crippen molar-refractivity contribution in [1.29, 1.82) is 0 Å². The summed E-state index contributed by atoms with van der Waals surface area (Å²) in [6.45, 7) is 7.93. The molecule has 0 aliphatic heterocycles. The lowest BCUT2D eigenvalue weighted by Gasteiger charge is -2.08. The van der Waals surface area contributed by atoms with Crippen LogP contribution in [0.25, 0.3) is 75.4 Å². The number of rotatable bonds is 13. The molecule has 0 heterocycles. The number of fused-ring (bicyclic) bond motifs is 7. The van der Waals surface area contributed by atoms with Crippen molar-refractivity contribution in [2.45, 2.75) is 76.3 Å². The quantitative estimate of drug-likeness (QED) is 0.0243. The molecule has 0 atom stereocenters. The number of aromatic carboxylic acids is 1. The highest BCUT2D eigenvalue weighted by Crippen LogP contribution is 2.29. The Morgan fingerprint density at radius 3 is 1.01 bits per heavy atom. The van der Waals surface area contributed by atoms with Gasteiger partial charge in [-0.2, -0.15) is 0 Å². The molecule has 0 saturated carbocycles. The number of carbonyl (C=O) groups is 5. The number of aryl methyl sites for hydroxylation is 2. The highest BCUT2D eigenvalue weighted by atomic mass is 127. The van der Waals surface area contributed by atoms with E-state index < -0.39 is 5.97 Å². The first-order chi connectivity index (χ1) is 49.2. The van der Waals surface area contributed by atoms with Gasteiger partial charge in [-0.3, -0.25) is 19.2 Å². The van der Waals surface area contributed by atoms with Gasteiger partial charge in [-0.15, -0.1) is 0 Å². The number of anilines is 2. The number of hydrogen-bond acceptors (Lipinski definition) is 9. The number of ketones is 4. The maximum atomic E-state index is 12.2. The van der Waals surface area contributed by atoms with Crippen LogP contribution in [0.5, 0.6) is 0 Å². The van der Waals surface area contributed by atoms with E-state index >= 15 is 0 Å². The minimum atomic E-state index is -0.992. The Morgan fingerprint density at radius 2 is 0.637 bits per heavy atom. The zero-order chi connectivity index (χ0) is 73.4. The first-order valence-corrected chi connectivity index (χ1v) is 38.8. The average molecular weight is 1870 g/mol. The normalized spacial score (nSPS) is 10.5. The highest BCUT2D eigenvalue weighted by Gasteiger charge is 2.20. The van der Waals surface area contributed by atoms with Crippen molar-refractivity contribution in [3.05, 3.63) is 316 Å². The molecule has 10 nitrogen and oxygen atoms in total. The molecule has 0 aromatic heterocycles. The molecule has 0 bridgehead atoms. The van der Waals surface area contributed by atoms with Crippen LogP contribution in [0.1, 0.15) is 104 Å². The fraction of sp³-hybridized carbons (Fsp3) is 0.138. The Hall–Kier alpha value is -8.03. The molecule has 102 heavy (non-hydrogen) atoms. The van der Waals surface area contributed by atoms with Crippen molar-refractivity contribution >= 4 is 222 Å². The van der Waals surface area contributed by atoms with Crippen LogP contribution in [0, 0.1) is 24.6 Å². The van der Waals surface area contributed by atoms with Gasteiger partial charge in [-0.25, -0.2) is 4.79 Å². The molecule has 518 valence electrons. The Labute approximate surface area is 658 Å². The van der Waals surface area contributed by atoms with Gasteiger partial charge in [0, 0.05) is 61.4 Å². The number of carboxylic acid groups (broad SMARTS) is 1. The van der Waals surface area contributed by atoms with Crippen LogP contribution in [0.3, 0.4) is 0 Å². The summed E-state index contributed by atoms with van der Waals surface area (Å²) in [7, 11) is 0. The number of carboxylic acids is 1. The number of Topliss-reactive ketones (excluding diaryl/α,β-unsaturated/α-hetero) is 4. The van der Waals surface area contributed by atoms with Gasteiger partial charge in [0.1, 0.15) is 0 Å². The topological polar surface area (TPSA) is 198 Å². The third-order valence-corrected chi connectivity index (χ3v) is 21.3. The summed E-state index contributed by atoms with van der Waals surface area (Å²) in [6, 6.07) is 84.1. The lowest BCUT2D eigenvalue weighted by molar-refractivity contribution is -0.115. The van der Waals surface area contributed by atoms with Crippen LogP contribution in [-0.4, -0.2) is 44.4 Å². The second kappa shape index (κ2) is 39.6. The first-order valence-electron chi connectivity index (χ1n) is 33.0. The minimum Gasteiger partial charge on any atom is -0.478 e. The predicted octanol–water partition coefficient (Wildman–Crippen LogP) is 23.1. The molecule has 15 heteroatoms. The van der Waals surface area contributed by atoms with E-state index in [1.165, 1.54) is 50.6 Å². The van der Waals surface area contributed by atoms with Crippen molar-refractivity contribution < 1.29 is 39.3 Å². The molecule has 0 aliphatic carbocycles. The maximum absolute atomic E-state index is 12.2. The van der Waals surface area contributed by atoms with Gasteiger partial charge in [0.25, 0.3) is 0 Å². The van der Waals surface area contributed by atoms with Crippen LogP contribution in [0.15, 0.2) is 255 Å². The Kier molecular flexibility index (Phi) is 30.9. The van der Waals surface area contributed by atoms with Gasteiger partial charge in [-0.05, 0) is 270 Å². The monoisotopic (exact) mass is 1860 g/mol. The fourth-order valence-corrected chi connectivity index (χ4v) is 14.8. The van der Waals surface area contributed by atoms with Crippen LogP contribution in [0.2, 0.25) is 0 Å². The van der Waals surface area contributed by atoms with Gasteiger partial charge in [0.15, 0.2) is 0 Å². The third kappa shape index (κ3) is 21.8. The summed E-state index contributed by atoms with van der Waals surface area (Å²) in [5, 5.41) is 43.4. The van der Waals surface area contributed by atoms with E-state index in [-0.39, 0.29) is 41.9 Å². The summed E-state index contributed by atoms with van der Waals surface area (Å²) < 4.78 is 4.91. The number of nitrogens with two attached hydrogens (primary N) is 2. The summed E-state index contributed by atoms with van der Waals surface area (Å²) in [5.74, 6) is -2.33. The van der Waals surface area contributed by atoms with Crippen LogP contribution in [0.4, 0.5) is 11.4 Å². The SMILES string of the molecule is CCCC(=O)C(=O)c1cc2ccccc2cc1C.CCCC(=O)C(=O)c1cc2ccccc2cc1CBr.Cc1cc2ccccc2cc1I.ICc1cc2ccccc2cc1I.Nc1cc2ccccc2cc1C(=O)O.Nc1cc2ccccc2cc1CO.OCc1cc2ccccc2cc1I. The van der Waals surface area contributed by atoms with Gasteiger partial charge in [-0.1, -0.05) is 234 Å². The van der Waals surface area contributed by atoms with E-state index in [9.17, 15) is 24.0 Å². The lowest BCUT2D eigenvalue weighted by atomic mass is 9.96. The second-order valence-electron chi connectivity index (χ2n) is 24.0. The summed E-state index contributed by atoms with van der Waals surface area (Å²) in [6.07, 6.45) is 2.04. The van der Waals surface area contributed by atoms with E-state index in [1.54, 1.807) is 12.1 Å². The van der Waals surface area contributed by atoms with Crippen molar-refractivity contribution in [2.24, 2.45) is 0 Å². The van der Waals surface area contributed by atoms with Crippen molar-refractivity contribution in [2.75, 3.05) is 11.5 Å². The molecule has 14 rings (SSSR count). The molecule has 0 amide bonds. The van der Waals surface area contributed by atoms with Crippen LogP contribution in [-0.2, 0) is 32.6 Å². The molecule has 0 saturated heterocycles. The summed E-state index contributed by atoms with van der Waals surface area (Å²) in [5.41, 5.74) is 19.8. The van der Waals surface area contributed by atoms with E-state index in [0.717, 1.165) is 73.3 Å². The number of aliphatic hydroxyl groups excluding tert-OH is 2. The Morgan fingerprint density at radius 1 is 0.353 bits per heavy atom. The number of benzene rings is 14. The van der Waals surface area contributed by atoms with E-state index in [0.29, 0.717) is 53.5 Å². The van der Waals surface area contributed by atoms with Gasteiger partial charge < -0.3 is 26.8 Å². The Balaban J connectivity index is 0.000000152. The number of alkyl halides is 2. The van der Waals surface area contributed by atoms with E-state index in [1.807, 2.05) is 172 Å². The highest BCUT2D eigenvalue weighted by molar-refractivity contribution is 14.1. The molecule has 0 unspecified atom stereocenters. The summed E-state index contributed by atoms with van der Waals surface area (Å²) in [4.78, 5) is 58.5. The smallest absolute Gasteiger partial charge is 0.337 e. The fourth-order valence-electron chi connectivity index (χ4n) is 11.1. The van der Waals surface area contributed by atoms with Crippen molar-refractivity contribution in [1.82, 2.24) is 0 Å². The molecule has 0 fully saturated rings. The molecule has 14 aromatic rings. The predicted molar refractivity (Wildman–Crippen MR) is 462 cm³/mol. The molecule has 7 N–H and O–H groups in total. The Bertz CT molecular complexity index is 5090. The standard InChI is InChI=1S/C16H15BrO2.C16H16O2.C11H8I2.C11H9IO.C11H9I.C11H9NO2.C11H11NO/c1-2-5-15(18)16(19)14-9-12-7-4-3-6-11(12)8-13(14)10-17;1-3-6-15(17)16(18)14-10-13-8-5-4-7-12(13)9-11(14)2;12-7-10-5-8-3-1-2-4-9(8)6-11(10)13;12-11-6-9-4-2-1-3-8(9)5-10(11)7-13;1-8-6-9-4-2-3-5-10(9)7-11(8)12;12-10-6-8-4-2-1-3-7(8)5-9(10)11(13)14;12-11-6-9-4-2-1-3-8(9)5-10(11)7-13/h3-4,6-9H,2,5,10H2,1H3;4-5,7-10H,3,6H2,1-2H3;1-6H,7H2;1-6,13H,7H2;2-7H,1H3;1-6H,12H2,(H,13,14);1-6,13H,7,12H2. The van der Waals surface area contributed by atoms with E-state index in [2.05, 4.69) is 204 Å². The van der Waals surface area contributed by atoms with Crippen LogP contribution >= 0.6 is 106 Å². The minimum absolute atomic E-state index is 0.00331. The molecule has 0 spiro atoms. The number of nitrogen functional groups attached to an aromatic ring is 2.